The number of carbonyl (C=O) groups excluding carboxylic acids is 1. The summed E-state index contributed by atoms with van der Waals surface area (Å²) in [6, 6.07) is 7.63. The average Bonchev–Trinajstić information content (AvgIpc) is 2.95. The molecule has 0 aliphatic carbocycles. The van der Waals surface area contributed by atoms with Crippen molar-refractivity contribution >= 4 is 28.7 Å². The molecule has 1 aromatic carbocycles. The molecule has 0 aliphatic heterocycles. The van der Waals surface area contributed by atoms with E-state index in [1.165, 1.54) is 18.4 Å². The molecule has 0 aliphatic rings. The Morgan fingerprint density at radius 2 is 2.36 bits per heavy atom. The van der Waals surface area contributed by atoms with Crippen molar-refractivity contribution in [2.75, 3.05) is 19.1 Å². The number of benzene rings is 1. The Morgan fingerprint density at radius 1 is 1.50 bits per heavy atom. The fraction of sp³-hybridized carbons (Fsp3) is 0.267. The van der Waals surface area contributed by atoms with Crippen molar-refractivity contribution in [2.24, 2.45) is 5.10 Å². The van der Waals surface area contributed by atoms with E-state index in [1.807, 2.05) is 31.2 Å². The number of aromatic nitrogens is 1. The van der Waals surface area contributed by atoms with Crippen LogP contribution in [0.3, 0.4) is 0 Å². The third-order valence-electron chi connectivity index (χ3n) is 2.65. The van der Waals surface area contributed by atoms with E-state index in [1.54, 1.807) is 11.6 Å². The first-order valence-corrected chi connectivity index (χ1v) is 7.62. The second-order valence-corrected chi connectivity index (χ2v) is 5.13. The van der Waals surface area contributed by atoms with Crippen LogP contribution in [0.1, 0.15) is 18.2 Å². The minimum Gasteiger partial charge on any atom is -0.494 e. The molecule has 116 valence electrons. The number of nitrogens with zero attached hydrogens (tertiary/aromatic N) is 2. The van der Waals surface area contributed by atoms with E-state index in [0.717, 1.165) is 11.3 Å². The van der Waals surface area contributed by atoms with Crippen LogP contribution in [0.2, 0.25) is 0 Å². The van der Waals surface area contributed by atoms with E-state index < -0.39 is 0 Å². The maximum Gasteiger partial charge on any atom is 0.311 e. The normalized spacial score (nSPS) is 10.6. The zero-order valence-electron chi connectivity index (χ0n) is 12.4. The van der Waals surface area contributed by atoms with Gasteiger partial charge in [-0.25, -0.2) is 4.98 Å². The number of nitrogens with one attached hydrogen (secondary N) is 1. The van der Waals surface area contributed by atoms with E-state index in [2.05, 4.69) is 20.2 Å². The van der Waals surface area contributed by atoms with E-state index in [9.17, 15) is 4.79 Å². The second kappa shape index (κ2) is 8.14. The van der Waals surface area contributed by atoms with Crippen molar-refractivity contribution in [1.82, 2.24) is 4.98 Å². The molecule has 7 heteroatoms. The van der Waals surface area contributed by atoms with Gasteiger partial charge in [0.05, 0.1) is 32.0 Å². The molecule has 1 heterocycles. The van der Waals surface area contributed by atoms with Gasteiger partial charge in [0.2, 0.25) is 5.13 Å². The highest BCUT2D eigenvalue weighted by atomic mass is 32.1. The number of rotatable bonds is 7. The molecule has 0 saturated carbocycles. The SMILES string of the molecule is CCOc1cccc(/C=N\Nc2nc(CC(=O)OC)cs2)c1. The van der Waals surface area contributed by atoms with Crippen molar-refractivity contribution in [2.45, 2.75) is 13.3 Å². The predicted molar refractivity (Wildman–Crippen MR) is 86.7 cm³/mol. The Bertz CT molecular complexity index is 655. The lowest BCUT2D eigenvalue weighted by Gasteiger charge is -2.02. The van der Waals surface area contributed by atoms with Gasteiger partial charge >= 0.3 is 5.97 Å². The highest BCUT2D eigenvalue weighted by molar-refractivity contribution is 7.13. The van der Waals surface area contributed by atoms with Crippen molar-refractivity contribution in [3.63, 3.8) is 0 Å². The van der Waals surface area contributed by atoms with Crippen molar-refractivity contribution in [3.8, 4) is 5.75 Å². The van der Waals surface area contributed by atoms with Crippen molar-refractivity contribution in [1.29, 1.82) is 0 Å². The van der Waals surface area contributed by atoms with Gasteiger partial charge in [0, 0.05) is 5.38 Å². The minimum absolute atomic E-state index is 0.162. The summed E-state index contributed by atoms with van der Waals surface area (Å²) < 4.78 is 10.0. The third kappa shape index (κ3) is 4.85. The molecule has 22 heavy (non-hydrogen) atoms. The van der Waals surface area contributed by atoms with E-state index in [-0.39, 0.29) is 12.4 Å². The molecule has 0 fully saturated rings. The fourth-order valence-electron chi connectivity index (χ4n) is 1.67. The van der Waals surface area contributed by atoms with Gasteiger partial charge in [0.15, 0.2) is 0 Å². The molecule has 0 atom stereocenters. The maximum atomic E-state index is 11.2. The molecule has 0 radical (unpaired) electrons. The Hall–Kier alpha value is -2.41. The first-order chi connectivity index (χ1) is 10.7. The summed E-state index contributed by atoms with van der Waals surface area (Å²) in [7, 11) is 1.36. The number of hydrogen-bond acceptors (Lipinski definition) is 7. The Kier molecular flexibility index (Phi) is 5.91. The highest BCUT2D eigenvalue weighted by Gasteiger charge is 2.06. The lowest BCUT2D eigenvalue weighted by atomic mass is 10.2. The molecule has 2 aromatic rings. The van der Waals surface area contributed by atoms with Crippen LogP contribution in [0, 0.1) is 0 Å². The average molecular weight is 319 g/mol. The molecule has 2 rings (SSSR count). The van der Waals surface area contributed by atoms with Crippen LogP contribution >= 0.6 is 11.3 Å². The predicted octanol–water partition coefficient (Wildman–Crippen LogP) is 2.70. The van der Waals surface area contributed by atoms with Gasteiger partial charge in [-0.1, -0.05) is 12.1 Å². The number of carbonyl (C=O) groups is 1. The Balaban J connectivity index is 1.92. The molecule has 1 N–H and O–H groups in total. The lowest BCUT2D eigenvalue weighted by molar-refractivity contribution is -0.139. The molecule has 0 amide bonds. The van der Waals surface area contributed by atoms with Crippen LogP contribution in [0.25, 0.3) is 0 Å². The fourth-order valence-corrected chi connectivity index (χ4v) is 2.33. The minimum atomic E-state index is -0.312. The second-order valence-electron chi connectivity index (χ2n) is 4.27. The van der Waals surface area contributed by atoms with E-state index in [4.69, 9.17) is 4.74 Å². The maximum absolute atomic E-state index is 11.2. The molecular formula is C15H17N3O3S. The van der Waals surface area contributed by atoms with Gasteiger partial charge in [-0.3, -0.25) is 10.2 Å². The number of esters is 1. The van der Waals surface area contributed by atoms with Crippen LogP contribution in [0.4, 0.5) is 5.13 Å². The van der Waals surface area contributed by atoms with E-state index in [0.29, 0.717) is 17.4 Å². The molecule has 0 unspecified atom stereocenters. The quantitative estimate of drug-likeness (QED) is 0.482. The van der Waals surface area contributed by atoms with Gasteiger partial charge < -0.3 is 9.47 Å². The third-order valence-corrected chi connectivity index (χ3v) is 3.44. The number of hydrazone groups is 1. The van der Waals surface area contributed by atoms with Crippen LogP contribution in [-0.2, 0) is 16.0 Å². The number of ether oxygens (including phenoxy) is 2. The molecule has 6 nitrogen and oxygen atoms in total. The Labute approximate surface area is 132 Å². The van der Waals surface area contributed by atoms with Crippen LogP contribution in [0.15, 0.2) is 34.7 Å². The summed E-state index contributed by atoms with van der Waals surface area (Å²) in [6.45, 7) is 2.57. The summed E-state index contributed by atoms with van der Waals surface area (Å²) in [6.07, 6.45) is 1.85. The topological polar surface area (TPSA) is 72.8 Å². The summed E-state index contributed by atoms with van der Waals surface area (Å²) in [5, 5.41) is 6.54. The monoisotopic (exact) mass is 319 g/mol. The van der Waals surface area contributed by atoms with Crippen LogP contribution < -0.4 is 10.2 Å². The van der Waals surface area contributed by atoms with E-state index >= 15 is 0 Å². The van der Waals surface area contributed by atoms with Crippen LogP contribution in [-0.4, -0.2) is 30.9 Å². The van der Waals surface area contributed by atoms with Crippen molar-refractivity contribution < 1.29 is 14.3 Å². The largest absolute Gasteiger partial charge is 0.494 e. The van der Waals surface area contributed by atoms with Gasteiger partial charge in [0.1, 0.15) is 5.75 Å². The molecule has 0 spiro atoms. The van der Waals surface area contributed by atoms with Gasteiger partial charge in [-0.15, -0.1) is 11.3 Å². The molecule has 1 aromatic heterocycles. The Morgan fingerprint density at radius 3 is 3.14 bits per heavy atom. The number of anilines is 1. The zero-order valence-corrected chi connectivity index (χ0v) is 13.2. The number of thiazole rings is 1. The summed E-state index contributed by atoms with van der Waals surface area (Å²) in [4.78, 5) is 15.4. The smallest absolute Gasteiger partial charge is 0.311 e. The lowest BCUT2D eigenvalue weighted by Crippen LogP contribution is -2.04. The van der Waals surface area contributed by atoms with Crippen molar-refractivity contribution in [3.05, 3.63) is 40.9 Å². The summed E-state index contributed by atoms with van der Waals surface area (Å²) in [5.41, 5.74) is 4.42. The van der Waals surface area contributed by atoms with Gasteiger partial charge in [-0.2, -0.15) is 5.10 Å². The zero-order chi connectivity index (χ0) is 15.8. The van der Waals surface area contributed by atoms with Gasteiger partial charge in [-0.05, 0) is 24.6 Å². The standard InChI is InChI=1S/C15H17N3O3S/c1-3-21-13-6-4-5-11(7-13)9-16-18-15-17-12(10-22-15)8-14(19)20-2/h4-7,9-10H,3,8H2,1-2H3,(H,17,18)/b16-9-. The molecular weight excluding hydrogens is 302 g/mol. The first-order valence-electron chi connectivity index (χ1n) is 6.74. The summed E-state index contributed by atoms with van der Waals surface area (Å²) in [5.74, 6) is 0.495. The molecule has 0 saturated heterocycles. The van der Waals surface area contributed by atoms with Crippen LogP contribution in [0.5, 0.6) is 5.75 Å². The number of methoxy groups -OCH3 is 1. The highest BCUT2D eigenvalue weighted by Crippen LogP contribution is 2.16. The number of hydrogen-bond donors (Lipinski definition) is 1. The van der Waals surface area contributed by atoms with Gasteiger partial charge in [0.25, 0.3) is 0 Å². The first kappa shape index (κ1) is 16.0. The molecule has 0 bridgehead atoms. The summed E-state index contributed by atoms with van der Waals surface area (Å²) >= 11 is 1.38.